The van der Waals surface area contributed by atoms with Crippen molar-refractivity contribution in [3.63, 3.8) is 0 Å². The number of anilines is 2. The molecule has 1 aromatic carbocycles. The summed E-state index contributed by atoms with van der Waals surface area (Å²) >= 11 is 1.46. The number of nitrogens with zero attached hydrogens (tertiary/aromatic N) is 4. The first kappa shape index (κ1) is 20.6. The number of para-hydroxylation sites is 1. The third-order valence-electron chi connectivity index (χ3n) is 5.57. The summed E-state index contributed by atoms with van der Waals surface area (Å²) in [6, 6.07) is 7.79. The number of hydrogen-bond donors (Lipinski definition) is 1. The van der Waals surface area contributed by atoms with E-state index < -0.39 is 0 Å². The Hall–Kier alpha value is -2.68. The number of hydrogen-bond acceptors (Lipinski definition) is 7. The van der Waals surface area contributed by atoms with Crippen LogP contribution in [0.4, 0.5) is 10.3 Å². The van der Waals surface area contributed by atoms with Crippen molar-refractivity contribution in [2.75, 3.05) is 36.0 Å². The number of amides is 2. The van der Waals surface area contributed by atoms with Crippen molar-refractivity contribution >= 4 is 33.4 Å². The van der Waals surface area contributed by atoms with Crippen molar-refractivity contribution in [2.45, 2.75) is 39.2 Å². The normalized spacial score (nSPS) is 17.4. The van der Waals surface area contributed by atoms with E-state index in [1.165, 1.54) is 11.3 Å². The van der Waals surface area contributed by atoms with E-state index in [1.54, 1.807) is 4.90 Å². The van der Waals surface area contributed by atoms with Gasteiger partial charge in [0.1, 0.15) is 5.75 Å². The maximum Gasteiger partial charge on any atom is 0.228 e. The fourth-order valence-corrected chi connectivity index (χ4v) is 4.84. The van der Waals surface area contributed by atoms with Gasteiger partial charge in [-0.15, -0.1) is 10.2 Å². The highest BCUT2D eigenvalue weighted by Crippen LogP contribution is 2.32. The van der Waals surface area contributed by atoms with Crippen LogP contribution in [-0.2, 0) is 16.1 Å². The van der Waals surface area contributed by atoms with Gasteiger partial charge >= 0.3 is 0 Å². The second kappa shape index (κ2) is 9.42. The molecule has 2 aliphatic heterocycles. The first-order valence-electron chi connectivity index (χ1n) is 10.5. The van der Waals surface area contributed by atoms with E-state index in [0.717, 1.165) is 55.3 Å². The summed E-state index contributed by atoms with van der Waals surface area (Å²) in [7, 11) is 0. The van der Waals surface area contributed by atoms with Crippen LogP contribution in [-0.4, -0.2) is 48.3 Å². The third kappa shape index (κ3) is 4.56. The zero-order valence-electron chi connectivity index (χ0n) is 17.2. The minimum absolute atomic E-state index is 0.00643. The van der Waals surface area contributed by atoms with E-state index in [9.17, 15) is 9.59 Å². The van der Waals surface area contributed by atoms with Gasteiger partial charge in [-0.2, -0.15) is 0 Å². The molecule has 2 fully saturated rings. The van der Waals surface area contributed by atoms with E-state index >= 15 is 0 Å². The van der Waals surface area contributed by atoms with E-state index in [2.05, 4.69) is 20.4 Å². The molecule has 1 N–H and O–H groups in total. The lowest BCUT2D eigenvalue weighted by molar-refractivity contribution is -0.125. The number of aromatic nitrogens is 2. The molecule has 0 atom stereocenters. The lowest BCUT2D eigenvalue weighted by Crippen LogP contribution is -2.40. The Morgan fingerprint density at radius 1 is 1.20 bits per heavy atom. The Bertz CT molecular complexity index is 894. The van der Waals surface area contributed by atoms with Crippen molar-refractivity contribution in [2.24, 2.45) is 5.92 Å². The molecule has 0 spiro atoms. The highest BCUT2D eigenvalue weighted by molar-refractivity contribution is 7.19. The molecule has 0 unspecified atom stereocenters. The zero-order valence-corrected chi connectivity index (χ0v) is 18.0. The van der Waals surface area contributed by atoms with Crippen LogP contribution >= 0.6 is 11.3 Å². The Kier molecular flexibility index (Phi) is 6.47. The standard InChI is InChI=1S/C21H27N5O3S/c1-2-29-17-7-4-3-6-16(17)14-22-19(28)15-9-12-25(13-10-15)20-23-24-21(30-20)26-11-5-8-18(26)27/h3-4,6-7,15H,2,5,8-14H2,1H3,(H,22,28). The number of carbonyl (C=O) groups is 2. The van der Waals surface area contributed by atoms with Crippen LogP contribution in [0.15, 0.2) is 24.3 Å². The highest BCUT2D eigenvalue weighted by Gasteiger charge is 2.29. The molecule has 160 valence electrons. The summed E-state index contributed by atoms with van der Waals surface area (Å²) in [6.45, 7) is 5.27. The fourth-order valence-electron chi connectivity index (χ4n) is 3.90. The fraction of sp³-hybridized carbons (Fsp3) is 0.524. The summed E-state index contributed by atoms with van der Waals surface area (Å²) in [5.41, 5.74) is 0.989. The van der Waals surface area contributed by atoms with Gasteiger partial charge in [0.25, 0.3) is 0 Å². The van der Waals surface area contributed by atoms with Crippen LogP contribution in [0.3, 0.4) is 0 Å². The molecule has 9 heteroatoms. The van der Waals surface area contributed by atoms with Gasteiger partial charge < -0.3 is 15.0 Å². The summed E-state index contributed by atoms with van der Waals surface area (Å²) in [4.78, 5) is 28.4. The SMILES string of the molecule is CCOc1ccccc1CNC(=O)C1CCN(c2nnc(N3CCCC3=O)s2)CC1. The molecule has 2 aliphatic rings. The molecule has 0 bridgehead atoms. The van der Waals surface area contributed by atoms with Gasteiger partial charge in [-0.1, -0.05) is 29.5 Å². The molecular formula is C21H27N5O3S. The van der Waals surface area contributed by atoms with Crippen molar-refractivity contribution in [3.05, 3.63) is 29.8 Å². The monoisotopic (exact) mass is 429 g/mol. The highest BCUT2D eigenvalue weighted by atomic mass is 32.1. The molecule has 0 saturated carbocycles. The Morgan fingerprint density at radius 2 is 1.97 bits per heavy atom. The number of rotatable bonds is 7. The van der Waals surface area contributed by atoms with Crippen LogP contribution < -0.4 is 19.9 Å². The average Bonchev–Trinajstić information content (AvgIpc) is 3.42. The molecule has 2 saturated heterocycles. The number of ether oxygens (including phenoxy) is 1. The minimum atomic E-state index is -0.00643. The summed E-state index contributed by atoms with van der Waals surface area (Å²) < 4.78 is 5.63. The van der Waals surface area contributed by atoms with Gasteiger partial charge in [0.15, 0.2) is 0 Å². The van der Waals surface area contributed by atoms with Crippen LogP contribution in [0.2, 0.25) is 0 Å². The van der Waals surface area contributed by atoms with Crippen LogP contribution in [0.25, 0.3) is 0 Å². The van der Waals surface area contributed by atoms with Crippen LogP contribution in [0.1, 0.15) is 38.2 Å². The summed E-state index contributed by atoms with van der Waals surface area (Å²) in [5, 5.41) is 13.1. The van der Waals surface area contributed by atoms with E-state index in [1.807, 2.05) is 31.2 Å². The molecular weight excluding hydrogens is 402 g/mol. The number of piperidine rings is 1. The Labute approximate surface area is 180 Å². The lowest BCUT2D eigenvalue weighted by Gasteiger charge is -2.30. The number of nitrogens with one attached hydrogen (secondary N) is 1. The summed E-state index contributed by atoms with van der Waals surface area (Å²) in [6.07, 6.45) is 3.01. The largest absolute Gasteiger partial charge is 0.494 e. The molecule has 4 rings (SSSR count). The topological polar surface area (TPSA) is 87.7 Å². The van der Waals surface area contributed by atoms with Crippen LogP contribution in [0.5, 0.6) is 5.75 Å². The van der Waals surface area contributed by atoms with E-state index in [0.29, 0.717) is 24.7 Å². The van der Waals surface area contributed by atoms with Gasteiger partial charge in [0, 0.05) is 44.1 Å². The average molecular weight is 430 g/mol. The van der Waals surface area contributed by atoms with E-state index in [-0.39, 0.29) is 17.7 Å². The smallest absolute Gasteiger partial charge is 0.228 e. The Morgan fingerprint density at radius 3 is 2.70 bits per heavy atom. The molecule has 0 aliphatic carbocycles. The molecule has 30 heavy (non-hydrogen) atoms. The maximum absolute atomic E-state index is 12.7. The van der Waals surface area contributed by atoms with Gasteiger partial charge in [-0.3, -0.25) is 14.5 Å². The third-order valence-corrected chi connectivity index (χ3v) is 6.58. The summed E-state index contributed by atoms with van der Waals surface area (Å²) in [5.74, 6) is 1.02. The predicted molar refractivity (Wildman–Crippen MR) is 116 cm³/mol. The van der Waals surface area contributed by atoms with Crippen molar-refractivity contribution in [1.82, 2.24) is 15.5 Å². The molecule has 8 nitrogen and oxygen atoms in total. The second-order valence-electron chi connectivity index (χ2n) is 7.54. The quantitative estimate of drug-likeness (QED) is 0.728. The number of carbonyl (C=O) groups excluding carboxylic acids is 2. The molecule has 3 heterocycles. The van der Waals surface area contributed by atoms with Crippen molar-refractivity contribution in [1.29, 1.82) is 0 Å². The van der Waals surface area contributed by atoms with Gasteiger partial charge in [-0.25, -0.2) is 0 Å². The first-order valence-corrected chi connectivity index (χ1v) is 11.3. The van der Waals surface area contributed by atoms with Gasteiger partial charge in [0.05, 0.1) is 6.61 Å². The number of benzene rings is 1. The van der Waals surface area contributed by atoms with Crippen molar-refractivity contribution in [3.8, 4) is 5.75 Å². The van der Waals surface area contributed by atoms with Gasteiger partial charge in [-0.05, 0) is 32.3 Å². The van der Waals surface area contributed by atoms with Crippen LogP contribution in [0, 0.1) is 5.92 Å². The maximum atomic E-state index is 12.7. The molecule has 0 radical (unpaired) electrons. The van der Waals surface area contributed by atoms with E-state index in [4.69, 9.17) is 4.74 Å². The molecule has 2 aromatic rings. The Balaban J connectivity index is 1.28. The molecule has 1 aromatic heterocycles. The minimum Gasteiger partial charge on any atom is -0.494 e. The predicted octanol–water partition coefficient (Wildman–Crippen LogP) is 2.60. The molecule has 2 amide bonds. The first-order chi connectivity index (χ1) is 14.7. The van der Waals surface area contributed by atoms with Crippen molar-refractivity contribution < 1.29 is 14.3 Å². The lowest BCUT2D eigenvalue weighted by atomic mass is 9.96. The second-order valence-corrected chi connectivity index (χ2v) is 8.47. The van der Waals surface area contributed by atoms with Gasteiger partial charge in [0.2, 0.25) is 22.1 Å². The zero-order chi connectivity index (χ0) is 20.9.